The second-order valence-electron chi connectivity index (χ2n) is 5.27. The predicted octanol–water partition coefficient (Wildman–Crippen LogP) is 2.54. The molecule has 0 aliphatic carbocycles. The van der Waals surface area contributed by atoms with E-state index in [0.717, 1.165) is 28.1 Å². The first-order chi connectivity index (χ1) is 10.0. The van der Waals surface area contributed by atoms with Crippen LogP contribution in [0.3, 0.4) is 0 Å². The topological polar surface area (TPSA) is 60.2 Å². The number of benzene rings is 1. The SMILES string of the molecule is C=C(C)Cn1nnc(CO)c1COc1c(C)cccc1C. The summed E-state index contributed by atoms with van der Waals surface area (Å²) >= 11 is 0. The zero-order chi connectivity index (χ0) is 15.4. The van der Waals surface area contributed by atoms with Crippen molar-refractivity contribution in [2.24, 2.45) is 0 Å². The van der Waals surface area contributed by atoms with E-state index in [4.69, 9.17) is 4.74 Å². The molecule has 0 spiro atoms. The van der Waals surface area contributed by atoms with E-state index in [1.807, 2.05) is 39.0 Å². The van der Waals surface area contributed by atoms with Crippen molar-refractivity contribution in [1.29, 1.82) is 0 Å². The Morgan fingerprint density at radius 1 is 1.33 bits per heavy atom. The summed E-state index contributed by atoms with van der Waals surface area (Å²) in [7, 11) is 0. The number of nitrogens with zero attached hydrogens (tertiary/aromatic N) is 3. The molecule has 0 radical (unpaired) electrons. The minimum absolute atomic E-state index is 0.151. The van der Waals surface area contributed by atoms with Gasteiger partial charge >= 0.3 is 0 Å². The van der Waals surface area contributed by atoms with Crippen LogP contribution in [0.1, 0.15) is 29.4 Å². The fourth-order valence-electron chi connectivity index (χ4n) is 2.20. The van der Waals surface area contributed by atoms with Crippen LogP contribution in [0.25, 0.3) is 0 Å². The fourth-order valence-corrected chi connectivity index (χ4v) is 2.20. The molecule has 2 rings (SSSR count). The summed E-state index contributed by atoms with van der Waals surface area (Å²) in [5, 5.41) is 17.4. The number of hydrogen-bond donors (Lipinski definition) is 1. The Balaban J connectivity index is 2.23. The van der Waals surface area contributed by atoms with E-state index in [1.165, 1.54) is 0 Å². The summed E-state index contributed by atoms with van der Waals surface area (Å²) in [6, 6.07) is 6.03. The van der Waals surface area contributed by atoms with Crippen LogP contribution >= 0.6 is 0 Å². The summed E-state index contributed by atoms with van der Waals surface area (Å²) < 4.78 is 7.66. The Morgan fingerprint density at radius 2 is 2.00 bits per heavy atom. The average Bonchev–Trinajstić information content (AvgIpc) is 2.79. The zero-order valence-electron chi connectivity index (χ0n) is 12.8. The molecule has 2 aromatic rings. The summed E-state index contributed by atoms with van der Waals surface area (Å²) in [6.07, 6.45) is 0. The van der Waals surface area contributed by atoms with E-state index in [2.05, 4.69) is 16.9 Å². The number of ether oxygens (including phenoxy) is 1. The van der Waals surface area contributed by atoms with Gasteiger partial charge in [0.2, 0.25) is 0 Å². The third-order valence-electron chi connectivity index (χ3n) is 3.25. The first-order valence-electron chi connectivity index (χ1n) is 6.88. The molecular formula is C16H21N3O2. The minimum atomic E-state index is -0.151. The molecule has 5 nitrogen and oxygen atoms in total. The molecule has 0 aliphatic rings. The van der Waals surface area contributed by atoms with Gasteiger partial charge < -0.3 is 9.84 Å². The van der Waals surface area contributed by atoms with Gasteiger partial charge in [0.25, 0.3) is 0 Å². The first kappa shape index (κ1) is 15.3. The molecule has 1 heterocycles. The van der Waals surface area contributed by atoms with Crippen molar-refractivity contribution in [3.8, 4) is 5.75 Å². The molecule has 0 unspecified atom stereocenters. The van der Waals surface area contributed by atoms with Crippen LogP contribution in [0.5, 0.6) is 5.75 Å². The van der Waals surface area contributed by atoms with Gasteiger partial charge in [-0.25, -0.2) is 4.68 Å². The second-order valence-corrected chi connectivity index (χ2v) is 5.27. The highest BCUT2D eigenvalue weighted by Crippen LogP contribution is 2.24. The van der Waals surface area contributed by atoms with Crippen molar-refractivity contribution < 1.29 is 9.84 Å². The summed E-state index contributed by atoms with van der Waals surface area (Å²) in [5.74, 6) is 0.865. The van der Waals surface area contributed by atoms with Gasteiger partial charge in [-0.2, -0.15) is 0 Å². The molecule has 0 fully saturated rings. The van der Waals surface area contributed by atoms with Gasteiger partial charge in [0.15, 0.2) is 0 Å². The molecule has 0 amide bonds. The van der Waals surface area contributed by atoms with E-state index in [0.29, 0.717) is 18.8 Å². The Labute approximate surface area is 124 Å². The summed E-state index contributed by atoms with van der Waals surface area (Å²) in [4.78, 5) is 0. The third kappa shape index (κ3) is 3.49. The van der Waals surface area contributed by atoms with E-state index >= 15 is 0 Å². The maximum absolute atomic E-state index is 9.38. The van der Waals surface area contributed by atoms with Gasteiger partial charge in [0.1, 0.15) is 23.7 Å². The van der Waals surface area contributed by atoms with E-state index < -0.39 is 0 Å². The van der Waals surface area contributed by atoms with Gasteiger partial charge in [0, 0.05) is 0 Å². The fraction of sp³-hybridized carbons (Fsp3) is 0.375. The highest BCUT2D eigenvalue weighted by Gasteiger charge is 2.14. The number of hydrogen-bond acceptors (Lipinski definition) is 4. The average molecular weight is 287 g/mol. The predicted molar refractivity (Wildman–Crippen MR) is 81.0 cm³/mol. The minimum Gasteiger partial charge on any atom is -0.487 e. The summed E-state index contributed by atoms with van der Waals surface area (Å²) in [5.41, 5.74) is 4.46. The highest BCUT2D eigenvalue weighted by molar-refractivity contribution is 5.39. The largest absolute Gasteiger partial charge is 0.487 e. The summed E-state index contributed by atoms with van der Waals surface area (Å²) in [6.45, 7) is 10.6. The number of aryl methyl sites for hydroxylation is 2. The lowest BCUT2D eigenvalue weighted by molar-refractivity contribution is 0.260. The molecule has 1 aromatic heterocycles. The maximum Gasteiger partial charge on any atom is 0.132 e. The number of para-hydroxylation sites is 1. The van der Waals surface area contributed by atoms with Crippen molar-refractivity contribution >= 4 is 0 Å². The number of aromatic nitrogens is 3. The molecule has 0 bridgehead atoms. The van der Waals surface area contributed by atoms with Crippen LogP contribution in [0, 0.1) is 13.8 Å². The van der Waals surface area contributed by atoms with Crippen LogP contribution in [0.15, 0.2) is 30.4 Å². The zero-order valence-corrected chi connectivity index (χ0v) is 12.8. The van der Waals surface area contributed by atoms with Crippen molar-refractivity contribution in [2.75, 3.05) is 0 Å². The lowest BCUT2D eigenvalue weighted by atomic mass is 10.1. The second kappa shape index (κ2) is 6.54. The monoisotopic (exact) mass is 287 g/mol. The molecule has 0 aliphatic heterocycles. The van der Waals surface area contributed by atoms with Crippen LogP contribution in [-0.2, 0) is 19.8 Å². The maximum atomic E-state index is 9.38. The standard InChI is InChI=1S/C16H21N3O2/c1-11(2)8-19-15(14(9-20)17-18-19)10-21-16-12(3)6-5-7-13(16)4/h5-7,20H,1,8-10H2,2-4H3. The molecule has 1 N–H and O–H groups in total. The van der Waals surface area contributed by atoms with Gasteiger partial charge in [-0.3, -0.25) is 0 Å². The third-order valence-corrected chi connectivity index (χ3v) is 3.25. The van der Waals surface area contributed by atoms with Gasteiger partial charge in [-0.05, 0) is 31.9 Å². The quantitative estimate of drug-likeness (QED) is 0.829. The van der Waals surface area contributed by atoms with Crippen molar-refractivity contribution in [2.45, 2.75) is 40.5 Å². The Hall–Kier alpha value is -2.14. The number of aliphatic hydroxyl groups excluding tert-OH is 1. The Kier molecular flexibility index (Phi) is 4.75. The van der Waals surface area contributed by atoms with Crippen LogP contribution in [0.2, 0.25) is 0 Å². The number of rotatable bonds is 6. The molecule has 5 heteroatoms. The molecule has 21 heavy (non-hydrogen) atoms. The van der Waals surface area contributed by atoms with Gasteiger partial charge in [-0.1, -0.05) is 35.6 Å². The molecule has 0 saturated carbocycles. The van der Waals surface area contributed by atoms with E-state index in [9.17, 15) is 5.11 Å². The Morgan fingerprint density at radius 3 is 2.57 bits per heavy atom. The van der Waals surface area contributed by atoms with Crippen molar-refractivity contribution in [3.05, 3.63) is 52.9 Å². The lowest BCUT2D eigenvalue weighted by Gasteiger charge is -2.13. The first-order valence-corrected chi connectivity index (χ1v) is 6.88. The Bertz CT molecular complexity index is 627. The highest BCUT2D eigenvalue weighted by atomic mass is 16.5. The molecular weight excluding hydrogens is 266 g/mol. The molecule has 0 saturated heterocycles. The van der Waals surface area contributed by atoms with Gasteiger partial charge in [0.05, 0.1) is 13.2 Å². The number of allylic oxidation sites excluding steroid dienone is 1. The molecule has 112 valence electrons. The normalized spacial score (nSPS) is 10.7. The van der Waals surface area contributed by atoms with Crippen molar-refractivity contribution in [3.63, 3.8) is 0 Å². The molecule has 0 atom stereocenters. The lowest BCUT2D eigenvalue weighted by Crippen LogP contribution is -2.10. The van der Waals surface area contributed by atoms with Crippen molar-refractivity contribution in [1.82, 2.24) is 15.0 Å². The number of aliphatic hydroxyl groups is 1. The van der Waals surface area contributed by atoms with Gasteiger partial charge in [-0.15, -0.1) is 5.10 Å². The van der Waals surface area contributed by atoms with Crippen LogP contribution < -0.4 is 4.74 Å². The van der Waals surface area contributed by atoms with Crippen LogP contribution in [-0.4, -0.2) is 20.1 Å². The smallest absolute Gasteiger partial charge is 0.132 e. The van der Waals surface area contributed by atoms with E-state index in [1.54, 1.807) is 4.68 Å². The van der Waals surface area contributed by atoms with Crippen LogP contribution in [0.4, 0.5) is 0 Å². The van der Waals surface area contributed by atoms with E-state index in [-0.39, 0.29) is 6.61 Å². The molecule has 1 aromatic carbocycles.